The minimum absolute atomic E-state index is 0.251. The lowest BCUT2D eigenvalue weighted by Crippen LogP contribution is -1.77. The Kier molecular flexibility index (Phi) is 2.08. The van der Waals surface area contributed by atoms with Crippen molar-refractivity contribution in [2.75, 3.05) is 0 Å². The van der Waals surface area contributed by atoms with Gasteiger partial charge >= 0.3 is 0 Å². The zero-order valence-electron chi connectivity index (χ0n) is 8.29. The van der Waals surface area contributed by atoms with E-state index in [0.29, 0.717) is 0 Å². The molecule has 3 aromatic rings. The molecule has 0 fully saturated rings. The molecule has 2 heterocycles. The summed E-state index contributed by atoms with van der Waals surface area (Å²) in [5, 5.41) is 10.5. The van der Waals surface area contributed by atoms with Gasteiger partial charge in [0.15, 0.2) is 5.65 Å². The summed E-state index contributed by atoms with van der Waals surface area (Å²) < 4.78 is 1.03. The van der Waals surface area contributed by atoms with E-state index in [-0.39, 0.29) is 5.75 Å². The molecule has 0 aliphatic heterocycles. The van der Waals surface area contributed by atoms with Crippen molar-refractivity contribution in [1.29, 1.82) is 0 Å². The molecule has 0 aliphatic carbocycles. The van der Waals surface area contributed by atoms with E-state index >= 15 is 0 Å². The fraction of sp³-hybridized carbons (Fsp3) is 0. The molecule has 0 saturated heterocycles. The molecule has 4 heteroatoms. The van der Waals surface area contributed by atoms with Crippen molar-refractivity contribution in [3.8, 4) is 16.3 Å². The Bertz CT molecular complexity index is 615. The highest BCUT2D eigenvalue weighted by Gasteiger charge is 2.09. The number of para-hydroxylation sites is 1. The molecule has 0 amide bonds. The van der Waals surface area contributed by atoms with Gasteiger partial charge in [-0.3, -0.25) is 0 Å². The first-order chi connectivity index (χ1) is 7.84. The number of fused-ring (bicyclic) bond motifs is 1. The van der Waals surface area contributed by atoms with Gasteiger partial charge < -0.3 is 5.11 Å². The van der Waals surface area contributed by atoms with Crippen LogP contribution in [0, 0.1) is 0 Å². The van der Waals surface area contributed by atoms with Crippen LogP contribution in [-0.2, 0) is 0 Å². The van der Waals surface area contributed by atoms with E-state index in [1.54, 1.807) is 18.3 Å². The van der Waals surface area contributed by atoms with Crippen LogP contribution in [0.3, 0.4) is 0 Å². The molecular weight excluding hydrogens is 220 g/mol. The zero-order chi connectivity index (χ0) is 11.0. The second-order valence-electron chi connectivity index (χ2n) is 3.36. The third-order valence-electron chi connectivity index (χ3n) is 2.30. The van der Waals surface area contributed by atoms with E-state index < -0.39 is 0 Å². The van der Waals surface area contributed by atoms with E-state index in [4.69, 9.17) is 0 Å². The average molecular weight is 228 g/mol. The minimum atomic E-state index is 0.251. The van der Waals surface area contributed by atoms with E-state index in [9.17, 15) is 5.11 Å². The minimum Gasteiger partial charge on any atom is -0.507 e. The Balaban J connectivity index is 2.23. The van der Waals surface area contributed by atoms with Gasteiger partial charge in [-0.05, 0) is 24.3 Å². The van der Waals surface area contributed by atoms with Crippen molar-refractivity contribution in [1.82, 2.24) is 9.97 Å². The number of rotatable bonds is 1. The number of nitrogens with zero attached hydrogens (tertiary/aromatic N) is 2. The number of aromatic hydroxyl groups is 1. The van der Waals surface area contributed by atoms with Crippen molar-refractivity contribution in [2.45, 2.75) is 0 Å². The lowest BCUT2D eigenvalue weighted by atomic mass is 10.2. The molecule has 1 N–H and O–H groups in total. The van der Waals surface area contributed by atoms with Gasteiger partial charge in [0.1, 0.15) is 10.8 Å². The van der Waals surface area contributed by atoms with Gasteiger partial charge in [0.05, 0.1) is 10.3 Å². The monoisotopic (exact) mass is 228 g/mol. The van der Waals surface area contributed by atoms with Crippen LogP contribution in [0.15, 0.2) is 42.6 Å². The highest BCUT2D eigenvalue weighted by molar-refractivity contribution is 7.21. The lowest BCUT2D eigenvalue weighted by Gasteiger charge is -1.97. The summed E-state index contributed by atoms with van der Waals surface area (Å²) in [6.45, 7) is 0. The molecule has 16 heavy (non-hydrogen) atoms. The van der Waals surface area contributed by atoms with Crippen LogP contribution in [0.25, 0.3) is 20.9 Å². The summed E-state index contributed by atoms with van der Waals surface area (Å²) in [7, 11) is 0. The smallest absolute Gasteiger partial charge is 0.170 e. The zero-order valence-corrected chi connectivity index (χ0v) is 9.11. The van der Waals surface area contributed by atoms with Crippen LogP contribution < -0.4 is 0 Å². The number of thiazole rings is 1. The van der Waals surface area contributed by atoms with Crippen LogP contribution in [0.2, 0.25) is 0 Å². The first kappa shape index (κ1) is 9.30. The van der Waals surface area contributed by atoms with Gasteiger partial charge in [-0.1, -0.05) is 12.1 Å². The number of hydrogen-bond donors (Lipinski definition) is 1. The second kappa shape index (κ2) is 3.57. The third-order valence-corrected chi connectivity index (χ3v) is 3.34. The van der Waals surface area contributed by atoms with Gasteiger partial charge in [0.2, 0.25) is 0 Å². The SMILES string of the molecule is Oc1ccccc1-c1nc2ncccc2s1. The van der Waals surface area contributed by atoms with Gasteiger partial charge in [0.25, 0.3) is 0 Å². The molecule has 0 saturated carbocycles. The molecular formula is C12H8N2OS. The molecule has 78 valence electrons. The maximum atomic E-state index is 9.74. The number of hydrogen-bond acceptors (Lipinski definition) is 4. The van der Waals surface area contributed by atoms with Crippen LogP contribution in [0.4, 0.5) is 0 Å². The lowest BCUT2D eigenvalue weighted by molar-refractivity contribution is 0.477. The summed E-state index contributed by atoms with van der Waals surface area (Å²) in [5.74, 6) is 0.251. The Hall–Kier alpha value is -1.94. The molecule has 3 rings (SSSR count). The first-order valence-corrected chi connectivity index (χ1v) is 5.66. The fourth-order valence-electron chi connectivity index (χ4n) is 1.54. The normalized spacial score (nSPS) is 10.8. The van der Waals surface area contributed by atoms with Crippen LogP contribution in [-0.4, -0.2) is 15.1 Å². The molecule has 0 unspecified atom stereocenters. The van der Waals surface area contributed by atoms with E-state index in [0.717, 1.165) is 20.9 Å². The summed E-state index contributed by atoms with van der Waals surface area (Å²) in [4.78, 5) is 8.57. The maximum absolute atomic E-state index is 9.74. The van der Waals surface area contributed by atoms with Crippen LogP contribution >= 0.6 is 11.3 Å². The van der Waals surface area contributed by atoms with Crippen molar-refractivity contribution in [3.05, 3.63) is 42.6 Å². The Morgan fingerprint density at radius 2 is 1.94 bits per heavy atom. The van der Waals surface area contributed by atoms with E-state index in [1.165, 1.54) is 11.3 Å². The molecule has 3 nitrogen and oxygen atoms in total. The Morgan fingerprint density at radius 1 is 1.06 bits per heavy atom. The Morgan fingerprint density at radius 3 is 2.75 bits per heavy atom. The predicted molar refractivity (Wildman–Crippen MR) is 64.5 cm³/mol. The van der Waals surface area contributed by atoms with Gasteiger partial charge in [-0.15, -0.1) is 11.3 Å². The topological polar surface area (TPSA) is 46.0 Å². The summed E-state index contributed by atoms with van der Waals surface area (Å²) >= 11 is 1.53. The average Bonchev–Trinajstić information content (AvgIpc) is 2.73. The number of phenolic OH excluding ortho intramolecular Hbond substituents is 1. The Labute approximate surface area is 96.0 Å². The number of phenols is 1. The number of pyridine rings is 1. The van der Waals surface area contributed by atoms with Gasteiger partial charge in [0, 0.05) is 6.20 Å². The standard InChI is InChI=1S/C12H8N2OS/c15-9-5-2-1-4-8(9)12-14-11-10(16-12)6-3-7-13-11/h1-7,15H. The third kappa shape index (κ3) is 1.44. The van der Waals surface area contributed by atoms with E-state index in [2.05, 4.69) is 9.97 Å². The second-order valence-corrected chi connectivity index (χ2v) is 4.39. The molecule has 0 aliphatic rings. The molecule has 0 radical (unpaired) electrons. The summed E-state index contributed by atoms with van der Waals surface area (Å²) in [6.07, 6.45) is 1.72. The van der Waals surface area contributed by atoms with Crippen molar-refractivity contribution in [2.24, 2.45) is 0 Å². The van der Waals surface area contributed by atoms with Crippen LogP contribution in [0.5, 0.6) is 5.75 Å². The molecule has 2 aromatic heterocycles. The highest BCUT2D eigenvalue weighted by Crippen LogP contribution is 2.33. The highest BCUT2D eigenvalue weighted by atomic mass is 32.1. The van der Waals surface area contributed by atoms with Gasteiger partial charge in [-0.2, -0.15) is 0 Å². The van der Waals surface area contributed by atoms with Crippen molar-refractivity contribution < 1.29 is 5.11 Å². The number of benzene rings is 1. The van der Waals surface area contributed by atoms with Crippen LogP contribution in [0.1, 0.15) is 0 Å². The molecule has 0 bridgehead atoms. The first-order valence-electron chi connectivity index (χ1n) is 4.84. The molecule has 1 aromatic carbocycles. The number of aromatic nitrogens is 2. The van der Waals surface area contributed by atoms with Gasteiger partial charge in [-0.25, -0.2) is 9.97 Å². The molecule has 0 atom stereocenters. The summed E-state index contributed by atoms with van der Waals surface area (Å²) in [5.41, 5.74) is 1.48. The molecule has 0 spiro atoms. The van der Waals surface area contributed by atoms with Crippen molar-refractivity contribution in [3.63, 3.8) is 0 Å². The van der Waals surface area contributed by atoms with E-state index in [1.807, 2.05) is 24.3 Å². The quantitative estimate of drug-likeness (QED) is 0.696. The fourth-order valence-corrected chi connectivity index (χ4v) is 2.50. The maximum Gasteiger partial charge on any atom is 0.170 e. The largest absolute Gasteiger partial charge is 0.507 e. The predicted octanol–water partition coefficient (Wildman–Crippen LogP) is 3.06. The summed E-state index contributed by atoms with van der Waals surface area (Å²) in [6, 6.07) is 11.1. The van der Waals surface area contributed by atoms with Crippen molar-refractivity contribution >= 4 is 21.7 Å².